The average molecular weight is 438 g/mol. The summed E-state index contributed by atoms with van der Waals surface area (Å²) < 4.78 is 27.6. The van der Waals surface area contributed by atoms with Crippen molar-refractivity contribution >= 4 is 0 Å². The molecule has 1 unspecified atom stereocenters. The minimum Gasteiger partial charge on any atom is -0.205 e. The van der Waals surface area contributed by atoms with Crippen LogP contribution in [0, 0.1) is 23.0 Å². The summed E-state index contributed by atoms with van der Waals surface area (Å²) in [7, 11) is 0. The first-order valence-corrected chi connectivity index (χ1v) is 11.1. The highest BCUT2D eigenvalue weighted by Crippen LogP contribution is 2.24. The lowest BCUT2D eigenvalue weighted by molar-refractivity contribution is 0.573. The lowest BCUT2D eigenvalue weighted by Crippen LogP contribution is -1.98. The van der Waals surface area contributed by atoms with Crippen molar-refractivity contribution in [2.45, 2.75) is 32.1 Å². The Hall–Kier alpha value is -3.77. The molecule has 0 N–H and O–H groups in total. The Labute approximate surface area is 194 Å². The zero-order chi connectivity index (χ0) is 23.2. The van der Waals surface area contributed by atoms with Crippen LogP contribution in [-0.2, 0) is 19.3 Å². The van der Waals surface area contributed by atoms with Crippen LogP contribution in [0.25, 0.3) is 11.1 Å². The maximum atomic E-state index is 13.8. The summed E-state index contributed by atoms with van der Waals surface area (Å²) in [5, 5.41) is 8.79. The third kappa shape index (κ3) is 5.54. The van der Waals surface area contributed by atoms with Gasteiger partial charge < -0.3 is 0 Å². The van der Waals surface area contributed by atoms with Gasteiger partial charge in [-0.1, -0.05) is 85.8 Å². The summed E-state index contributed by atoms with van der Waals surface area (Å²) in [6.45, 7) is 2.25. The molecule has 0 aromatic heterocycles. The Bertz CT molecular complexity index is 1230. The van der Waals surface area contributed by atoms with Crippen LogP contribution in [0.3, 0.4) is 0 Å². The van der Waals surface area contributed by atoms with E-state index in [4.69, 9.17) is 5.26 Å². The molecule has 0 aliphatic rings. The maximum absolute atomic E-state index is 13.8. The van der Waals surface area contributed by atoms with Crippen LogP contribution in [0.4, 0.5) is 8.78 Å². The number of benzene rings is 4. The van der Waals surface area contributed by atoms with Gasteiger partial charge in [-0.15, -0.1) is 0 Å². The second kappa shape index (κ2) is 10.2. The van der Waals surface area contributed by atoms with Gasteiger partial charge in [0.05, 0.1) is 0 Å². The number of nitriles is 1. The van der Waals surface area contributed by atoms with Gasteiger partial charge in [-0.2, -0.15) is 5.26 Å². The molecular weight excluding hydrogens is 412 g/mol. The van der Waals surface area contributed by atoms with Crippen molar-refractivity contribution in [3.63, 3.8) is 0 Å². The zero-order valence-electron chi connectivity index (χ0n) is 18.6. The molecule has 0 fully saturated rings. The first-order valence-electron chi connectivity index (χ1n) is 11.1. The van der Waals surface area contributed by atoms with E-state index >= 15 is 0 Å². The van der Waals surface area contributed by atoms with Crippen LogP contribution in [0.2, 0.25) is 0 Å². The highest BCUT2D eigenvalue weighted by Gasteiger charge is 2.11. The first kappa shape index (κ1) is 22.4. The number of aryl methyl sites for hydroxylation is 2. The van der Waals surface area contributed by atoms with E-state index in [0.29, 0.717) is 24.3 Å². The Kier molecular flexibility index (Phi) is 6.95. The molecule has 0 aliphatic heterocycles. The smallest absolute Gasteiger partial charge is 0.144 e. The van der Waals surface area contributed by atoms with Crippen LogP contribution in [0.5, 0.6) is 0 Å². The fourth-order valence-corrected chi connectivity index (χ4v) is 4.12. The van der Waals surface area contributed by atoms with E-state index in [1.165, 1.54) is 23.3 Å². The van der Waals surface area contributed by atoms with Crippen LogP contribution in [0.1, 0.15) is 40.7 Å². The zero-order valence-corrected chi connectivity index (χ0v) is 18.6. The summed E-state index contributed by atoms with van der Waals surface area (Å²) >= 11 is 0. The molecule has 0 radical (unpaired) electrons. The average Bonchev–Trinajstić information content (AvgIpc) is 2.84. The summed E-state index contributed by atoms with van der Waals surface area (Å²) in [6, 6.07) is 31.6. The van der Waals surface area contributed by atoms with Crippen molar-refractivity contribution in [2.75, 3.05) is 0 Å². The van der Waals surface area contributed by atoms with Gasteiger partial charge in [0, 0.05) is 0 Å². The third-order valence-electron chi connectivity index (χ3n) is 6.07. The van der Waals surface area contributed by atoms with E-state index in [2.05, 4.69) is 79.7 Å². The van der Waals surface area contributed by atoms with Crippen molar-refractivity contribution in [1.29, 1.82) is 5.26 Å². The molecule has 1 nitrogen and oxygen atoms in total. The molecule has 164 valence electrons. The van der Waals surface area contributed by atoms with Gasteiger partial charge >= 0.3 is 0 Å². The molecular formula is C30H25F2N. The highest BCUT2D eigenvalue weighted by atomic mass is 19.1. The van der Waals surface area contributed by atoms with E-state index in [1.807, 2.05) is 6.07 Å². The van der Waals surface area contributed by atoms with Gasteiger partial charge in [-0.3, -0.25) is 0 Å². The molecule has 4 aromatic carbocycles. The molecule has 0 saturated carbocycles. The third-order valence-corrected chi connectivity index (χ3v) is 6.07. The molecule has 0 bridgehead atoms. The van der Waals surface area contributed by atoms with Crippen molar-refractivity contribution < 1.29 is 8.78 Å². The molecule has 0 spiro atoms. The summed E-state index contributed by atoms with van der Waals surface area (Å²) in [4.78, 5) is 0. The monoisotopic (exact) mass is 437 g/mol. The predicted molar refractivity (Wildman–Crippen MR) is 129 cm³/mol. The lowest BCUT2D eigenvalue weighted by Gasteiger charge is -2.12. The fraction of sp³-hybridized carbons (Fsp3) is 0.167. The largest absolute Gasteiger partial charge is 0.205 e. The standard InChI is InChI=1S/C30H25F2N/c1-21(25-5-3-2-4-6-25)17-23-11-15-27(16-12-23)26-13-9-22(10-14-26)7-8-24-18-29(31)28(20-33)30(32)19-24/h2-6,9-16,18-19,21H,7-8,17H2,1H3. The van der Waals surface area contributed by atoms with E-state index in [9.17, 15) is 8.78 Å². The van der Waals surface area contributed by atoms with Crippen molar-refractivity contribution in [2.24, 2.45) is 0 Å². The maximum Gasteiger partial charge on any atom is 0.144 e. The highest BCUT2D eigenvalue weighted by molar-refractivity contribution is 5.64. The minimum atomic E-state index is -0.801. The number of hydrogen-bond donors (Lipinski definition) is 0. The summed E-state index contributed by atoms with van der Waals surface area (Å²) in [5.41, 5.74) is 6.08. The van der Waals surface area contributed by atoms with E-state index in [0.717, 1.165) is 23.1 Å². The van der Waals surface area contributed by atoms with Crippen molar-refractivity contribution in [1.82, 2.24) is 0 Å². The molecule has 0 heterocycles. The van der Waals surface area contributed by atoms with Gasteiger partial charge in [0.15, 0.2) is 0 Å². The van der Waals surface area contributed by atoms with E-state index in [1.54, 1.807) is 6.07 Å². The Morgan fingerprint density at radius 2 is 1.21 bits per heavy atom. The SMILES string of the molecule is CC(Cc1ccc(-c2ccc(CCc3cc(F)c(C#N)c(F)c3)cc2)cc1)c1ccccc1. The quantitative estimate of drug-likeness (QED) is 0.291. The number of halogens is 2. The van der Waals surface area contributed by atoms with Gasteiger partial charge in [-0.25, -0.2) is 8.78 Å². The summed E-state index contributed by atoms with van der Waals surface area (Å²) in [5.74, 6) is -1.14. The Morgan fingerprint density at radius 1 is 0.697 bits per heavy atom. The molecule has 1 atom stereocenters. The molecule has 0 aliphatic carbocycles. The Morgan fingerprint density at radius 3 is 1.76 bits per heavy atom. The van der Waals surface area contributed by atoms with Gasteiger partial charge in [0.2, 0.25) is 0 Å². The topological polar surface area (TPSA) is 23.8 Å². The van der Waals surface area contributed by atoms with Crippen LogP contribution >= 0.6 is 0 Å². The first-order chi connectivity index (χ1) is 16.0. The van der Waals surface area contributed by atoms with Crippen LogP contribution in [-0.4, -0.2) is 0 Å². The number of rotatable bonds is 7. The molecule has 4 rings (SSSR count). The Balaban J connectivity index is 1.37. The van der Waals surface area contributed by atoms with Crippen LogP contribution in [0.15, 0.2) is 91.0 Å². The van der Waals surface area contributed by atoms with Gasteiger partial charge in [0.1, 0.15) is 23.3 Å². The fourth-order valence-electron chi connectivity index (χ4n) is 4.12. The molecule has 3 heteroatoms. The molecule has 33 heavy (non-hydrogen) atoms. The number of hydrogen-bond acceptors (Lipinski definition) is 1. The molecule has 0 amide bonds. The van der Waals surface area contributed by atoms with Gasteiger partial charge in [-0.05, 0) is 70.7 Å². The van der Waals surface area contributed by atoms with Crippen LogP contribution < -0.4 is 0 Å². The molecule has 0 saturated heterocycles. The molecule has 4 aromatic rings. The second-order valence-electron chi connectivity index (χ2n) is 8.46. The number of nitrogens with zero attached hydrogens (tertiary/aromatic N) is 1. The second-order valence-corrected chi connectivity index (χ2v) is 8.46. The van der Waals surface area contributed by atoms with E-state index in [-0.39, 0.29) is 0 Å². The lowest BCUT2D eigenvalue weighted by atomic mass is 9.92. The summed E-state index contributed by atoms with van der Waals surface area (Å²) in [6.07, 6.45) is 2.17. The minimum absolute atomic E-state index is 0.467. The predicted octanol–water partition coefficient (Wildman–Crippen LogP) is 7.63. The normalized spacial score (nSPS) is 11.7. The van der Waals surface area contributed by atoms with Gasteiger partial charge in [0.25, 0.3) is 0 Å². The van der Waals surface area contributed by atoms with Crippen molar-refractivity contribution in [3.8, 4) is 17.2 Å². The van der Waals surface area contributed by atoms with Crippen molar-refractivity contribution in [3.05, 3.63) is 130 Å². The van der Waals surface area contributed by atoms with E-state index < -0.39 is 17.2 Å².